The minimum absolute atomic E-state index is 0.0926. The zero-order valence-corrected chi connectivity index (χ0v) is 22.1. The number of hydrogen-bond acceptors (Lipinski definition) is 10. The summed E-state index contributed by atoms with van der Waals surface area (Å²) in [6.45, 7) is 5.18. The van der Waals surface area contributed by atoms with Crippen LogP contribution < -0.4 is 14.2 Å². The lowest BCUT2D eigenvalue weighted by Crippen LogP contribution is -2.33. The van der Waals surface area contributed by atoms with Gasteiger partial charge in [-0.3, -0.25) is 14.4 Å². The van der Waals surface area contributed by atoms with Gasteiger partial charge in [0.1, 0.15) is 34.2 Å². The van der Waals surface area contributed by atoms with Crippen LogP contribution in [0.3, 0.4) is 0 Å². The van der Waals surface area contributed by atoms with Crippen molar-refractivity contribution in [2.75, 3.05) is 26.1 Å². The Bertz CT molecular complexity index is 1460. The zero-order chi connectivity index (χ0) is 26.7. The van der Waals surface area contributed by atoms with E-state index in [-0.39, 0.29) is 17.6 Å². The molecule has 0 amide bonds. The number of nitrogens with zero attached hydrogens (tertiary/aromatic N) is 6. The lowest BCUT2D eigenvalue weighted by molar-refractivity contribution is 0.0949. The normalized spacial score (nSPS) is 13.2. The second kappa shape index (κ2) is 10.5. The van der Waals surface area contributed by atoms with E-state index in [1.165, 1.54) is 32.8 Å². The molecule has 0 unspecified atom stereocenters. The van der Waals surface area contributed by atoms with Crippen LogP contribution in [0.15, 0.2) is 36.7 Å². The number of ether oxygens (including phenoxy) is 3. The molecule has 0 fully saturated rings. The Balaban J connectivity index is 1.82. The first-order valence-corrected chi connectivity index (χ1v) is 12.8. The summed E-state index contributed by atoms with van der Waals surface area (Å²) < 4.78 is 47.8. The van der Waals surface area contributed by atoms with Gasteiger partial charge in [-0.15, -0.1) is 10.2 Å². The second-order valence-electron chi connectivity index (χ2n) is 8.26. The molecule has 0 saturated carbocycles. The molecule has 14 heteroatoms. The van der Waals surface area contributed by atoms with Crippen LogP contribution in [-0.4, -0.2) is 69.9 Å². The van der Waals surface area contributed by atoms with E-state index in [4.69, 9.17) is 14.2 Å². The molecule has 2 atom stereocenters. The number of aromatic nitrogens is 7. The van der Waals surface area contributed by atoms with E-state index in [2.05, 4.69) is 35.1 Å². The maximum Gasteiger partial charge on any atom is 0.243 e. The van der Waals surface area contributed by atoms with Gasteiger partial charge < -0.3 is 14.2 Å². The fourth-order valence-corrected chi connectivity index (χ4v) is 4.88. The molecule has 0 saturated heterocycles. The predicted octanol–water partition coefficient (Wildman–Crippen LogP) is 2.60. The van der Waals surface area contributed by atoms with Crippen molar-refractivity contribution in [1.29, 1.82) is 0 Å². The SMILES string of the molecule is COc1cccc(OC)c1-n1c(NS(=O)(=O)[C@@H](C)[C@H](OC)c2ncc(C)cn2)nnc1-c1cc(C)[nH]n1. The third kappa shape index (κ3) is 5.11. The molecule has 0 aliphatic carbocycles. The van der Waals surface area contributed by atoms with Crippen molar-refractivity contribution in [2.24, 2.45) is 0 Å². The molecule has 4 rings (SSSR count). The lowest BCUT2D eigenvalue weighted by atomic mass is 10.2. The van der Waals surface area contributed by atoms with Gasteiger partial charge in [0.05, 0.1) is 14.2 Å². The number of sulfonamides is 1. The highest BCUT2D eigenvalue weighted by Gasteiger charge is 2.35. The van der Waals surface area contributed by atoms with E-state index in [0.29, 0.717) is 22.9 Å². The summed E-state index contributed by atoms with van der Waals surface area (Å²) in [5, 5.41) is 14.4. The molecule has 3 aromatic heterocycles. The fraction of sp³-hybridized carbons (Fsp3) is 0.348. The number of para-hydroxylation sites is 1. The number of methoxy groups -OCH3 is 3. The van der Waals surface area contributed by atoms with Crippen LogP contribution in [0.4, 0.5) is 5.95 Å². The third-order valence-corrected chi connectivity index (χ3v) is 7.38. The number of aromatic amines is 1. The average molecular weight is 529 g/mol. The van der Waals surface area contributed by atoms with Crippen molar-refractivity contribution in [1.82, 2.24) is 34.9 Å². The Labute approximate surface area is 214 Å². The summed E-state index contributed by atoms with van der Waals surface area (Å²) in [4.78, 5) is 8.48. The van der Waals surface area contributed by atoms with Crippen LogP contribution in [0.5, 0.6) is 11.5 Å². The van der Waals surface area contributed by atoms with E-state index < -0.39 is 21.4 Å². The molecular formula is C23H28N8O5S. The Hall–Kier alpha value is -4.04. The van der Waals surface area contributed by atoms with Crippen LogP contribution in [-0.2, 0) is 14.8 Å². The van der Waals surface area contributed by atoms with Gasteiger partial charge in [0, 0.05) is 25.2 Å². The van der Waals surface area contributed by atoms with Crippen molar-refractivity contribution in [2.45, 2.75) is 32.1 Å². The molecular weight excluding hydrogens is 500 g/mol. The summed E-state index contributed by atoms with van der Waals surface area (Å²) in [6.07, 6.45) is 2.26. The van der Waals surface area contributed by atoms with Gasteiger partial charge in [-0.25, -0.2) is 18.4 Å². The predicted molar refractivity (Wildman–Crippen MR) is 135 cm³/mol. The summed E-state index contributed by atoms with van der Waals surface area (Å²) in [5.74, 6) is 1.23. The molecule has 4 aromatic rings. The Morgan fingerprint density at radius 1 is 1.03 bits per heavy atom. The molecule has 0 spiro atoms. The van der Waals surface area contributed by atoms with Gasteiger partial charge in [-0.05, 0) is 44.5 Å². The Morgan fingerprint density at radius 2 is 1.68 bits per heavy atom. The molecule has 0 bridgehead atoms. The van der Waals surface area contributed by atoms with Gasteiger partial charge in [-0.1, -0.05) is 6.07 Å². The zero-order valence-electron chi connectivity index (χ0n) is 21.3. The number of hydrogen-bond donors (Lipinski definition) is 2. The fourth-order valence-electron chi connectivity index (χ4n) is 3.75. The highest BCUT2D eigenvalue weighted by Crippen LogP contribution is 2.37. The molecule has 0 aliphatic rings. The molecule has 0 radical (unpaired) electrons. The quantitative estimate of drug-likeness (QED) is 0.313. The van der Waals surface area contributed by atoms with E-state index in [1.54, 1.807) is 36.7 Å². The monoisotopic (exact) mass is 528 g/mol. The Kier molecular flexibility index (Phi) is 7.40. The largest absolute Gasteiger partial charge is 0.494 e. The maximum absolute atomic E-state index is 13.6. The number of anilines is 1. The number of benzene rings is 1. The number of H-pyrrole nitrogens is 1. The van der Waals surface area contributed by atoms with Gasteiger partial charge in [0.25, 0.3) is 0 Å². The first kappa shape index (κ1) is 26.0. The summed E-state index contributed by atoms with van der Waals surface area (Å²) in [5.41, 5.74) is 2.46. The van der Waals surface area contributed by atoms with Crippen LogP contribution in [0, 0.1) is 13.8 Å². The lowest BCUT2D eigenvalue weighted by Gasteiger charge is -2.22. The smallest absolute Gasteiger partial charge is 0.243 e. The molecule has 1 aromatic carbocycles. The van der Waals surface area contributed by atoms with Crippen molar-refractivity contribution >= 4 is 16.0 Å². The number of aryl methyl sites for hydroxylation is 2. The van der Waals surface area contributed by atoms with E-state index in [0.717, 1.165) is 11.3 Å². The van der Waals surface area contributed by atoms with Crippen LogP contribution in [0.25, 0.3) is 17.2 Å². The molecule has 0 aliphatic heterocycles. The number of nitrogens with one attached hydrogen (secondary N) is 2. The van der Waals surface area contributed by atoms with Crippen LogP contribution >= 0.6 is 0 Å². The first-order chi connectivity index (χ1) is 17.7. The average Bonchev–Trinajstić information content (AvgIpc) is 3.50. The Morgan fingerprint density at radius 3 is 2.22 bits per heavy atom. The van der Waals surface area contributed by atoms with Crippen LogP contribution in [0.2, 0.25) is 0 Å². The summed E-state index contributed by atoms with van der Waals surface area (Å²) >= 11 is 0. The van der Waals surface area contributed by atoms with Gasteiger partial charge in [0.15, 0.2) is 11.6 Å². The minimum Gasteiger partial charge on any atom is -0.494 e. The highest BCUT2D eigenvalue weighted by atomic mass is 32.2. The van der Waals surface area contributed by atoms with E-state index in [9.17, 15) is 8.42 Å². The summed E-state index contributed by atoms with van der Waals surface area (Å²) in [6, 6.07) is 6.95. The highest BCUT2D eigenvalue weighted by molar-refractivity contribution is 7.93. The number of rotatable bonds is 10. The summed E-state index contributed by atoms with van der Waals surface area (Å²) in [7, 11) is 0.294. The minimum atomic E-state index is -4.10. The third-order valence-electron chi connectivity index (χ3n) is 5.68. The second-order valence-corrected chi connectivity index (χ2v) is 10.3. The molecule has 37 heavy (non-hydrogen) atoms. The standard InChI is InChI=1S/C23H28N8O5S/c1-13-11-24-21(25-12-13)20(36-6)15(3)37(32,33)30-23-29-28-22(16-10-14(2)26-27-16)31(23)19-17(34-4)8-7-9-18(19)35-5/h7-12,15,20H,1-6H3,(H,26,27)(H,29,30)/t15-,20-/m0/s1. The topological polar surface area (TPSA) is 159 Å². The molecule has 13 nitrogen and oxygen atoms in total. The van der Waals surface area contributed by atoms with Crippen molar-refractivity contribution in [3.05, 3.63) is 53.7 Å². The maximum atomic E-state index is 13.6. The first-order valence-electron chi connectivity index (χ1n) is 11.2. The van der Waals surface area contributed by atoms with Crippen molar-refractivity contribution in [3.63, 3.8) is 0 Å². The van der Waals surface area contributed by atoms with E-state index in [1.807, 2.05) is 13.8 Å². The molecule has 2 N–H and O–H groups in total. The van der Waals surface area contributed by atoms with E-state index >= 15 is 0 Å². The van der Waals surface area contributed by atoms with Gasteiger partial charge in [0.2, 0.25) is 16.0 Å². The van der Waals surface area contributed by atoms with Crippen molar-refractivity contribution < 1.29 is 22.6 Å². The molecule has 196 valence electrons. The van der Waals surface area contributed by atoms with Gasteiger partial charge in [-0.2, -0.15) is 5.10 Å². The van der Waals surface area contributed by atoms with Gasteiger partial charge >= 0.3 is 0 Å². The van der Waals surface area contributed by atoms with Crippen LogP contribution in [0.1, 0.15) is 30.1 Å². The van der Waals surface area contributed by atoms with Crippen molar-refractivity contribution in [3.8, 4) is 28.7 Å². The molecule has 3 heterocycles.